The highest BCUT2D eigenvalue weighted by molar-refractivity contribution is 6.43. The predicted octanol–water partition coefficient (Wildman–Crippen LogP) is 2.67. The van der Waals surface area contributed by atoms with Crippen LogP contribution in [0.1, 0.15) is 36.3 Å². The Morgan fingerprint density at radius 1 is 0.917 bits per heavy atom. The maximum atomic E-state index is 13.3. The van der Waals surface area contributed by atoms with E-state index in [1.165, 1.54) is 6.20 Å². The quantitative estimate of drug-likeness (QED) is 0.271. The summed E-state index contributed by atoms with van der Waals surface area (Å²) in [5.41, 5.74) is 2.17. The average Bonchev–Trinajstić information content (AvgIpc) is 2.87. The predicted molar refractivity (Wildman–Crippen MR) is 140 cm³/mol. The van der Waals surface area contributed by atoms with Crippen molar-refractivity contribution in [1.29, 1.82) is 0 Å². The molecule has 0 fully saturated rings. The molecule has 4 aromatic rings. The van der Waals surface area contributed by atoms with E-state index in [2.05, 4.69) is 20.6 Å². The Morgan fingerprint density at radius 3 is 2.33 bits per heavy atom. The molecular weight excluding hydrogens is 455 g/mol. The number of hydrogen-bond donors (Lipinski definition) is 4. The monoisotopic (exact) mass is 484 g/mol. The van der Waals surface area contributed by atoms with E-state index in [-0.39, 0.29) is 18.0 Å². The molecule has 9 heteroatoms. The molecule has 184 valence electrons. The van der Waals surface area contributed by atoms with Gasteiger partial charge in [0.1, 0.15) is 11.7 Å². The fraction of sp³-hybridized carbons (Fsp3) is 0.259. The molecule has 0 aliphatic heterocycles. The van der Waals surface area contributed by atoms with Gasteiger partial charge in [-0.1, -0.05) is 68.4 Å². The van der Waals surface area contributed by atoms with Crippen molar-refractivity contribution in [2.75, 3.05) is 0 Å². The highest BCUT2D eigenvalue weighted by Gasteiger charge is 2.30. The second kappa shape index (κ2) is 11.3. The van der Waals surface area contributed by atoms with Crippen LogP contribution >= 0.6 is 0 Å². The molecule has 3 aromatic carbocycles. The van der Waals surface area contributed by atoms with Crippen molar-refractivity contribution < 1.29 is 19.6 Å². The van der Waals surface area contributed by atoms with Gasteiger partial charge >= 0.3 is 7.12 Å². The van der Waals surface area contributed by atoms with Gasteiger partial charge in [0.25, 0.3) is 5.91 Å². The molecule has 0 saturated carbocycles. The number of benzene rings is 3. The molecule has 1 heterocycles. The third kappa shape index (κ3) is 6.24. The Labute approximate surface area is 209 Å². The third-order valence-electron chi connectivity index (χ3n) is 5.97. The van der Waals surface area contributed by atoms with Gasteiger partial charge in [-0.25, -0.2) is 4.98 Å². The second-order valence-electron chi connectivity index (χ2n) is 9.31. The second-order valence-corrected chi connectivity index (χ2v) is 9.31. The fourth-order valence-corrected chi connectivity index (χ4v) is 4.16. The number of carbonyl (C=O) groups is 2. The van der Waals surface area contributed by atoms with Gasteiger partial charge in [-0.2, -0.15) is 0 Å². The van der Waals surface area contributed by atoms with E-state index in [0.717, 1.165) is 16.3 Å². The fourth-order valence-electron chi connectivity index (χ4n) is 4.16. The summed E-state index contributed by atoms with van der Waals surface area (Å²) in [5, 5.41) is 27.2. The van der Waals surface area contributed by atoms with Gasteiger partial charge in [-0.05, 0) is 40.8 Å². The largest absolute Gasteiger partial charge is 0.475 e. The van der Waals surface area contributed by atoms with E-state index in [4.69, 9.17) is 0 Å². The summed E-state index contributed by atoms with van der Waals surface area (Å²) in [5.74, 6) is -1.80. The third-order valence-corrected chi connectivity index (χ3v) is 5.97. The number of rotatable bonds is 9. The summed E-state index contributed by atoms with van der Waals surface area (Å²) in [6.45, 7) is 3.85. The van der Waals surface area contributed by atoms with Crippen molar-refractivity contribution in [2.45, 2.75) is 38.7 Å². The van der Waals surface area contributed by atoms with Crippen LogP contribution in [0.5, 0.6) is 0 Å². The van der Waals surface area contributed by atoms with E-state index in [9.17, 15) is 19.6 Å². The number of aromatic nitrogens is 2. The van der Waals surface area contributed by atoms with Gasteiger partial charge in [-0.3, -0.25) is 14.6 Å². The number of nitrogens with zero attached hydrogens (tertiary/aromatic N) is 2. The first kappa shape index (κ1) is 25.3. The van der Waals surface area contributed by atoms with Crippen LogP contribution in [0.3, 0.4) is 0 Å². The van der Waals surface area contributed by atoms with Crippen LogP contribution in [0.25, 0.3) is 21.8 Å². The summed E-state index contributed by atoms with van der Waals surface area (Å²) >= 11 is 0. The van der Waals surface area contributed by atoms with Crippen LogP contribution in [0.4, 0.5) is 0 Å². The number of nitrogens with one attached hydrogen (secondary N) is 2. The van der Waals surface area contributed by atoms with E-state index >= 15 is 0 Å². The zero-order valence-electron chi connectivity index (χ0n) is 20.3. The molecule has 0 saturated heterocycles. The molecule has 36 heavy (non-hydrogen) atoms. The van der Waals surface area contributed by atoms with Crippen LogP contribution < -0.4 is 10.6 Å². The molecule has 4 rings (SSSR count). The molecule has 1 aromatic heterocycles. The minimum atomic E-state index is -1.72. The lowest BCUT2D eigenvalue weighted by molar-refractivity contribution is -0.123. The Morgan fingerprint density at radius 2 is 1.61 bits per heavy atom. The first-order valence-electron chi connectivity index (χ1n) is 12.0. The van der Waals surface area contributed by atoms with Gasteiger partial charge in [-0.15, -0.1) is 0 Å². The molecule has 0 radical (unpaired) electrons. The molecule has 0 bridgehead atoms. The number of hydrogen-bond acceptors (Lipinski definition) is 6. The van der Waals surface area contributed by atoms with Gasteiger partial charge in [0.05, 0.1) is 23.2 Å². The van der Waals surface area contributed by atoms with E-state index in [0.29, 0.717) is 17.5 Å². The van der Waals surface area contributed by atoms with Gasteiger partial charge in [0.15, 0.2) is 0 Å². The zero-order chi connectivity index (χ0) is 25.7. The molecule has 8 nitrogen and oxygen atoms in total. The average molecular weight is 484 g/mol. The van der Waals surface area contributed by atoms with E-state index in [1.807, 2.05) is 68.4 Å². The molecular formula is C27H29BN4O4. The van der Waals surface area contributed by atoms with E-state index < -0.39 is 30.9 Å². The Balaban J connectivity index is 1.59. The van der Waals surface area contributed by atoms with Gasteiger partial charge in [0, 0.05) is 6.42 Å². The van der Waals surface area contributed by atoms with Crippen LogP contribution in [0.15, 0.2) is 72.9 Å². The first-order chi connectivity index (χ1) is 17.3. The lowest BCUT2D eigenvalue weighted by atomic mass is 9.75. The molecule has 4 N–H and O–H groups in total. The SMILES string of the molecule is CC(C)C[C@H](NC(=O)[C@H](Cc1ccc2ccccc2c1)NC(=O)c1cnc2ccccc2n1)B(O)O. The van der Waals surface area contributed by atoms with Crippen molar-refractivity contribution >= 4 is 40.7 Å². The van der Waals surface area contributed by atoms with Crippen molar-refractivity contribution in [3.05, 3.63) is 84.2 Å². The van der Waals surface area contributed by atoms with Crippen molar-refractivity contribution in [3.8, 4) is 0 Å². The van der Waals surface area contributed by atoms with Gasteiger partial charge < -0.3 is 20.7 Å². The summed E-state index contributed by atoms with van der Waals surface area (Å²) in [6.07, 6.45) is 1.96. The minimum absolute atomic E-state index is 0.0888. The van der Waals surface area contributed by atoms with Crippen molar-refractivity contribution in [2.24, 2.45) is 5.92 Å². The highest BCUT2D eigenvalue weighted by Crippen LogP contribution is 2.17. The highest BCUT2D eigenvalue weighted by atomic mass is 16.4. The summed E-state index contributed by atoms with van der Waals surface area (Å²) < 4.78 is 0. The van der Waals surface area contributed by atoms with Crippen LogP contribution in [0, 0.1) is 5.92 Å². The lowest BCUT2D eigenvalue weighted by Gasteiger charge is -2.24. The normalized spacial score (nSPS) is 12.9. The zero-order valence-corrected chi connectivity index (χ0v) is 20.3. The minimum Gasteiger partial charge on any atom is -0.426 e. The Kier molecular flexibility index (Phi) is 7.92. The van der Waals surface area contributed by atoms with Crippen LogP contribution in [-0.4, -0.2) is 50.9 Å². The summed E-state index contributed by atoms with van der Waals surface area (Å²) in [4.78, 5) is 35.1. The van der Waals surface area contributed by atoms with Crippen LogP contribution in [-0.2, 0) is 11.2 Å². The smallest absolute Gasteiger partial charge is 0.426 e. The first-order valence-corrected chi connectivity index (χ1v) is 12.0. The maximum Gasteiger partial charge on any atom is 0.475 e. The molecule has 0 aliphatic carbocycles. The number of para-hydroxylation sites is 2. The van der Waals surface area contributed by atoms with E-state index in [1.54, 1.807) is 12.1 Å². The molecule has 2 atom stereocenters. The number of amides is 2. The molecule has 2 amide bonds. The topological polar surface area (TPSA) is 124 Å². The molecule has 0 spiro atoms. The standard InChI is InChI=1S/C27H29BN4O4/c1-17(2)13-25(28(35)36)32-26(33)23(15-18-11-12-19-7-3-4-8-20(19)14-18)31-27(34)24-16-29-21-9-5-6-10-22(21)30-24/h3-12,14,16-17,23,25,35-36H,13,15H2,1-2H3,(H,31,34)(H,32,33)/t23-,25-/m0/s1. The lowest BCUT2D eigenvalue weighted by Crippen LogP contribution is -2.55. The molecule has 0 aliphatic rings. The summed E-state index contributed by atoms with van der Waals surface area (Å²) in [7, 11) is -1.72. The number of fused-ring (bicyclic) bond motifs is 2. The summed E-state index contributed by atoms with van der Waals surface area (Å²) in [6, 6.07) is 20.0. The van der Waals surface area contributed by atoms with Crippen LogP contribution in [0.2, 0.25) is 0 Å². The number of carbonyl (C=O) groups excluding carboxylic acids is 2. The van der Waals surface area contributed by atoms with Crippen molar-refractivity contribution in [3.63, 3.8) is 0 Å². The Hall–Kier alpha value is -3.82. The van der Waals surface area contributed by atoms with Crippen molar-refractivity contribution in [1.82, 2.24) is 20.6 Å². The maximum absolute atomic E-state index is 13.3. The van der Waals surface area contributed by atoms with Gasteiger partial charge in [0.2, 0.25) is 5.91 Å². The Bertz CT molecular complexity index is 1380. The molecule has 0 unspecified atom stereocenters.